The van der Waals surface area contributed by atoms with Crippen LogP contribution in [-0.2, 0) is 20.7 Å². The summed E-state index contributed by atoms with van der Waals surface area (Å²) in [5.41, 5.74) is 1.21. The highest BCUT2D eigenvalue weighted by Gasteiger charge is 2.14. The first kappa shape index (κ1) is 15.7. The highest BCUT2D eigenvalue weighted by molar-refractivity contribution is 5.70. The Hall–Kier alpha value is -1.39. The minimum Gasteiger partial charge on any atom is -0.466 e. The lowest BCUT2D eigenvalue weighted by Gasteiger charge is -2.18. The molecule has 1 aromatic rings. The summed E-state index contributed by atoms with van der Waals surface area (Å²) in [5, 5.41) is 3.33. The van der Waals surface area contributed by atoms with Crippen molar-refractivity contribution in [2.75, 3.05) is 26.9 Å². The Labute approximate surface area is 115 Å². The molecule has 0 fully saturated rings. The minimum absolute atomic E-state index is 0.0802. The van der Waals surface area contributed by atoms with Gasteiger partial charge in [-0.05, 0) is 18.9 Å². The van der Waals surface area contributed by atoms with Crippen LogP contribution in [0.5, 0.6) is 0 Å². The van der Waals surface area contributed by atoms with E-state index in [0.717, 1.165) is 13.0 Å². The first-order valence-electron chi connectivity index (χ1n) is 6.68. The predicted octanol–water partition coefficient (Wildman–Crippen LogP) is 1.79. The summed E-state index contributed by atoms with van der Waals surface area (Å²) >= 11 is 0. The number of hydrogen-bond donors (Lipinski definition) is 1. The Kier molecular flexibility index (Phi) is 7.86. The van der Waals surface area contributed by atoms with E-state index in [2.05, 4.69) is 17.4 Å². The third kappa shape index (κ3) is 6.94. The van der Waals surface area contributed by atoms with E-state index in [4.69, 9.17) is 9.47 Å². The van der Waals surface area contributed by atoms with Gasteiger partial charge < -0.3 is 14.8 Å². The van der Waals surface area contributed by atoms with Crippen LogP contribution in [0.4, 0.5) is 0 Å². The second kappa shape index (κ2) is 9.53. The first-order chi connectivity index (χ1) is 9.26. The van der Waals surface area contributed by atoms with Crippen LogP contribution in [0, 0.1) is 0 Å². The molecule has 0 saturated carbocycles. The highest BCUT2D eigenvalue weighted by atomic mass is 16.5. The number of carbonyl (C=O) groups excluding carboxylic acids is 1. The van der Waals surface area contributed by atoms with Crippen LogP contribution in [0.2, 0.25) is 0 Å². The molecule has 1 N–H and O–H groups in total. The van der Waals surface area contributed by atoms with Crippen LogP contribution >= 0.6 is 0 Å². The molecule has 0 bridgehead atoms. The Morgan fingerprint density at radius 2 is 2.05 bits per heavy atom. The fourth-order valence-electron chi connectivity index (χ4n) is 1.90. The predicted molar refractivity (Wildman–Crippen MR) is 75.1 cm³/mol. The SMILES string of the molecule is CCOC(=O)CC(Cc1ccccc1)NCCOC. The molecule has 106 valence electrons. The second-order valence-corrected chi connectivity index (χ2v) is 4.34. The van der Waals surface area contributed by atoms with Crippen molar-refractivity contribution in [2.45, 2.75) is 25.8 Å². The third-order valence-corrected chi connectivity index (χ3v) is 2.78. The number of nitrogens with one attached hydrogen (secondary N) is 1. The summed E-state index contributed by atoms with van der Waals surface area (Å²) < 4.78 is 10.0. The molecule has 0 saturated heterocycles. The fraction of sp³-hybridized carbons (Fsp3) is 0.533. The van der Waals surface area contributed by atoms with Gasteiger partial charge in [-0.2, -0.15) is 0 Å². The van der Waals surface area contributed by atoms with E-state index in [0.29, 0.717) is 19.6 Å². The van der Waals surface area contributed by atoms with Crippen LogP contribution in [-0.4, -0.2) is 38.9 Å². The van der Waals surface area contributed by atoms with Gasteiger partial charge in [-0.3, -0.25) is 4.79 Å². The molecule has 1 aromatic carbocycles. The van der Waals surface area contributed by atoms with Crippen LogP contribution in [0.3, 0.4) is 0 Å². The molecule has 0 heterocycles. The maximum absolute atomic E-state index is 11.6. The molecule has 19 heavy (non-hydrogen) atoms. The molecule has 0 aliphatic heterocycles. The van der Waals surface area contributed by atoms with Crippen molar-refractivity contribution < 1.29 is 14.3 Å². The summed E-state index contributed by atoms with van der Waals surface area (Å²) in [6, 6.07) is 10.2. The van der Waals surface area contributed by atoms with Gasteiger partial charge in [0.25, 0.3) is 0 Å². The van der Waals surface area contributed by atoms with Crippen molar-refractivity contribution in [1.29, 1.82) is 0 Å². The topological polar surface area (TPSA) is 47.6 Å². The lowest BCUT2D eigenvalue weighted by Crippen LogP contribution is -2.36. The van der Waals surface area contributed by atoms with Gasteiger partial charge in [0, 0.05) is 19.7 Å². The van der Waals surface area contributed by atoms with Crippen LogP contribution in [0.15, 0.2) is 30.3 Å². The standard InChI is InChI=1S/C15H23NO3/c1-3-19-15(17)12-14(16-9-10-18-2)11-13-7-5-4-6-8-13/h4-8,14,16H,3,9-12H2,1-2H3. The quantitative estimate of drug-likeness (QED) is 0.546. The van der Waals surface area contributed by atoms with E-state index in [-0.39, 0.29) is 12.0 Å². The number of methoxy groups -OCH3 is 1. The molecular formula is C15H23NO3. The average Bonchev–Trinajstić information content (AvgIpc) is 2.40. The second-order valence-electron chi connectivity index (χ2n) is 4.34. The fourth-order valence-corrected chi connectivity index (χ4v) is 1.90. The molecule has 1 atom stereocenters. The maximum atomic E-state index is 11.6. The van der Waals surface area contributed by atoms with Gasteiger partial charge in [0.1, 0.15) is 0 Å². The average molecular weight is 265 g/mol. The Morgan fingerprint density at radius 1 is 1.32 bits per heavy atom. The van der Waals surface area contributed by atoms with Crippen LogP contribution in [0.25, 0.3) is 0 Å². The molecule has 4 nitrogen and oxygen atoms in total. The zero-order valence-electron chi connectivity index (χ0n) is 11.7. The van der Waals surface area contributed by atoms with Crippen LogP contribution in [0.1, 0.15) is 18.9 Å². The summed E-state index contributed by atoms with van der Waals surface area (Å²) in [7, 11) is 1.67. The van der Waals surface area contributed by atoms with Gasteiger partial charge >= 0.3 is 5.97 Å². The van der Waals surface area contributed by atoms with Gasteiger partial charge in [0.2, 0.25) is 0 Å². The summed E-state index contributed by atoms with van der Waals surface area (Å²) in [5.74, 6) is -0.159. The van der Waals surface area contributed by atoms with E-state index in [1.165, 1.54) is 5.56 Å². The van der Waals surface area contributed by atoms with Crippen molar-refractivity contribution in [1.82, 2.24) is 5.32 Å². The molecule has 0 spiro atoms. The first-order valence-corrected chi connectivity index (χ1v) is 6.68. The van der Waals surface area contributed by atoms with Crippen molar-refractivity contribution in [3.63, 3.8) is 0 Å². The summed E-state index contributed by atoms with van der Waals surface area (Å²) in [6.07, 6.45) is 1.19. The molecule has 1 rings (SSSR count). The van der Waals surface area contributed by atoms with Gasteiger partial charge in [-0.25, -0.2) is 0 Å². The largest absolute Gasteiger partial charge is 0.466 e. The van der Waals surface area contributed by atoms with Crippen molar-refractivity contribution in [3.05, 3.63) is 35.9 Å². The Bertz CT molecular complexity index is 354. The molecule has 1 unspecified atom stereocenters. The van der Waals surface area contributed by atoms with E-state index in [9.17, 15) is 4.79 Å². The van der Waals surface area contributed by atoms with Crippen molar-refractivity contribution in [3.8, 4) is 0 Å². The van der Waals surface area contributed by atoms with Gasteiger partial charge in [-0.1, -0.05) is 30.3 Å². The summed E-state index contributed by atoms with van der Waals surface area (Å²) in [4.78, 5) is 11.6. The lowest BCUT2D eigenvalue weighted by atomic mass is 10.0. The van der Waals surface area contributed by atoms with Crippen molar-refractivity contribution in [2.24, 2.45) is 0 Å². The number of ether oxygens (including phenoxy) is 2. The lowest BCUT2D eigenvalue weighted by molar-refractivity contribution is -0.143. The molecular weight excluding hydrogens is 242 g/mol. The van der Waals surface area contributed by atoms with Gasteiger partial charge in [-0.15, -0.1) is 0 Å². The van der Waals surface area contributed by atoms with E-state index < -0.39 is 0 Å². The summed E-state index contributed by atoms with van der Waals surface area (Å²) in [6.45, 7) is 3.61. The smallest absolute Gasteiger partial charge is 0.307 e. The monoisotopic (exact) mass is 265 g/mol. The normalized spacial score (nSPS) is 12.1. The van der Waals surface area contributed by atoms with E-state index in [1.54, 1.807) is 7.11 Å². The molecule has 4 heteroatoms. The molecule has 0 aliphatic carbocycles. The molecule has 0 amide bonds. The number of rotatable bonds is 9. The van der Waals surface area contributed by atoms with E-state index >= 15 is 0 Å². The van der Waals surface area contributed by atoms with E-state index in [1.807, 2.05) is 25.1 Å². The van der Waals surface area contributed by atoms with Crippen molar-refractivity contribution >= 4 is 5.97 Å². The maximum Gasteiger partial charge on any atom is 0.307 e. The van der Waals surface area contributed by atoms with Crippen LogP contribution < -0.4 is 5.32 Å². The van der Waals surface area contributed by atoms with Gasteiger partial charge in [0.15, 0.2) is 0 Å². The zero-order chi connectivity index (χ0) is 13.9. The minimum atomic E-state index is -0.159. The Balaban J connectivity index is 2.50. The highest BCUT2D eigenvalue weighted by Crippen LogP contribution is 2.06. The van der Waals surface area contributed by atoms with Gasteiger partial charge in [0.05, 0.1) is 19.6 Å². The molecule has 0 aromatic heterocycles. The third-order valence-electron chi connectivity index (χ3n) is 2.78. The zero-order valence-corrected chi connectivity index (χ0v) is 11.7. The molecule has 0 radical (unpaired) electrons. The molecule has 0 aliphatic rings. The number of esters is 1. The number of carbonyl (C=O) groups is 1. The Morgan fingerprint density at radius 3 is 2.68 bits per heavy atom. The number of hydrogen-bond acceptors (Lipinski definition) is 4. The number of benzene rings is 1.